The summed E-state index contributed by atoms with van der Waals surface area (Å²) in [7, 11) is 1.86. The highest BCUT2D eigenvalue weighted by atomic mass is 32.1. The first-order valence-corrected chi connectivity index (χ1v) is 8.31. The third kappa shape index (κ3) is 2.80. The number of benzene rings is 1. The van der Waals surface area contributed by atoms with Crippen LogP contribution in [-0.4, -0.2) is 10.5 Å². The molecule has 22 heavy (non-hydrogen) atoms. The Bertz CT molecular complexity index is 874. The first-order valence-electron chi connectivity index (χ1n) is 6.61. The maximum atomic E-state index is 13.1. The smallest absolute Gasteiger partial charge is 0.289 e. The summed E-state index contributed by atoms with van der Waals surface area (Å²) < 4.78 is 14.9. The molecule has 0 N–H and O–H groups in total. The third-order valence-corrected chi connectivity index (χ3v) is 5.15. The molecular formula is C16H13FN2OS2. The van der Waals surface area contributed by atoms with E-state index in [1.807, 2.05) is 30.0 Å². The number of hydrogen-bond acceptors (Lipinski definition) is 3. The molecule has 0 unspecified atom stereocenters. The van der Waals surface area contributed by atoms with Crippen molar-refractivity contribution >= 4 is 28.6 Å². The van der Waals surface area contributed by atoms with Crippen LogP contribution in [0.2, 0.25) is 0 Å². The van der Waals surface area contributed by atoms with Crippen LogP contribution in [0.5, 0.6) is 0 Å². The quantitative estimate of drug-likeness (QED) is 0.698. The van der Waals surface area contributed by atoms with Gasteiger partial charge in [-0.05, 0) is 48.2 Å². The highest BCUT2D eigenvalue weighted by molar-refractivity contribution is 7.12. The van der Waals surface area contributed by atoms with Gasteiger partial charge in [0.05, 0.1) is 10.6 Å². The Morgan fingerprint density at radius 1 is 1.23 bits per heavy atom. The maximum Gasteiger partial charge on any atom is 0.289 e. The zero-order chi connectivity index (χ0) is 15.7. The number of hydrogen-bond donors (Lipinski definition) is 0. The van der Waals surface area contributed by atoms with Crippen LogP contribution in [0, 0.1) is 12.7 Å². The summed E-state index contributed by atoms with van der Waals surface area (Å²) in [6.45, 7) is 1.97. The van der Waals surface area contributed by atoms with Gasteiger partial charge < -0.3 is 4.57 Å². The van der Waals surface area contributed by atoms with E-state index < -0.39 is 0 Å². The van der Waals surface area contributed by atoms with Gasteiger partial charge in [-0.15, -0.1) is 22.7 Å². The summed E-state index contributed by atoms with van der Waals surface area (Å²) in [5.41, 5.74) is 1.85. The Balaban J connectivity index is 2.07. The Labute approximate surface area is 135 Å². The Morgan fingerprint density at radius 2 is 1.95 bits per heavy atom. The van der Waals surface area contributed by atoms with Crippen molar-refractivity contribution in [1.29, 1.82) is 0 Å². The van der Waals surface area contributed by atoms with Gasteiger partial charge in [0.1, 0.15) is 5.82 Å². The van der Waals surface area contributed by atoms with Crippen molar-refractivity contribution < 1.29 is 9.18 Å². The van der Waals surface area contributed by atoms with Crippen LogP contribution in [0.3, 0.4) is 0 Å². The lowest BCUT2D eigenvalue weighted by atomic mass is 10.1. The Hall–Kier alpha value is -2.05. The minimum absolute atomic E-state index is 0.238. The van der Waals surface area contributed by atoms with E-state index in [-0.39, 0.29) is 11.7 Å². The van der Waals surface area contributed by atoms with Crippen LogP contribution in [-0.2, 0) is 7.05 Å². The fraction of sp³-hybridized carbons (Fsp3) is 0.125. The molecule has 112 valence electrons. The topological polar surface area (TPSA) is 34.4 Å². The number of halogens is 1. The molecule has 0 atom stereocenters. The van der Waals surface area contributed by atoms with Crippen molar-refractivity contribution in [2.24, 2.45) is 12.0 Å². The molecule has 6 heteroatoms. The number of carbonyl (C=O) groups is 1. The van der Waals surface area contributed by atoms with Crippen molar-refractivity contribution in [2.45, 2.75) is 6.92 Å². The zero-order valence-electron chi connectivity index (χ0n) is 12.0. The molecule has 0 bridgehead atoms. The lowest BCUT2D eigenvalue weighted by molar-refractivity contribution is 0.100. The first-order chi connectivity index (χ1) is 10.6. The van der Waals surface area contributed by atoms with Gasteiger partial charge in [-0.25, -0.2) is 4.39 Å². The molecule has 2 heterocycles. The number of aromatic nitrogens is 1. The lowest BCUT2D eigenvalue weighted by Crippen LogP contribution is -2.14. The van der Waals surface area contributed by atoms with Gasteiger partial charge in [0, 0.05) is 11.9 Å². The first kappa shape index (κ1) is 14.9. The molecule has 3 nitrogen and oxygen atoms in total. The van der Waals surface area contributed by atoms with Gasteiger partial charge in [-0.1, -0.05) is 6.07 Å². The molecular weight excluding hydrogens is 319 g/mol. The van der Waals surface area contributed by atoms with E-state index in [1.165, 1.54) is 34.8 Å². The predicted octanol–water partition coefficient (Wildman–Crippen LogP) is 4.00. The summed E-state index contributed by atoms with van der Waals surface area (Å²) in [6.07, 6.45) is 0. The van der Waals surface area contributed by atoms with Gasteiger partial charge >= 0.3 is 0 Å². The molecule has 1 aromatic carbocycles. The van der Waals surface area contributed by atoms with Crippen LogP contribution in [0.4, 0.5) is 4.39 Å². The minimum Gasteiger partial charge on any atom is -0.319 e. The molecule has 0 saturated carbocycles. The fourth-order valence-corrected chi connectivity index (χ4v) is 3.82. The standard InChI is InChI=1S/C16H13FN2OS2/c1-10-14(11-5-7-12(17)8-6-11)19(2)16(22-10)18-15(20)13-4-3-9-21-13/h3-9H,1-2H3. The van der Waals surface area contributed by atoms with E-state index in [9.17, 15) is 9.18 Å². The lowest BCUT2D eigenvalue weighted by Gasteiger charge is -2.04. The summed E-state index contributed by atoms with van der Waals surface area (Å²) in [4.78, 5) is 18.6. The SMILES string of the molecule is Cc1sc(=NC(=O)c2cccs2)n(C)c1-c1ccc(F)cc1. The molecule has 0 aliphatic rings. The number of aryl methyl sites for hydroxylation is 1. The van der Waals surface area contributed by atoms with Gasteiger partial charge in [-0.3, -0.25) is 4.79 Å². The summed E-state index contributed by atoms with van der Waals surface area (Å²) in [5, 5.41) is 1.85. The molecule has 2 aromatic heterocycles. The molecule has 0 saturated heterocycles. The van der Waals surface area contributed by atoms with Crippen LogP contribution in [0.1, 0.15) is 14.5 Å². The summed E-state index contributed by atoms with van der Waals surface area (Å²) >= 11 is 2.83. The van der Waals surface area contributed by atoms with E-state index >= 15 is 0 Å². The number of rotatable bonds is 2. The average molecular weight is 332 g/mol. The third-order valence-electron chi connectivity index (χ3n) is 3.25. The van der Waals surface area contributed by atoms with Crippen LogP contribution < -0.4 is 4.80 Å². The maximum absolute atomic E-state index is 13.1. The Morgan fingerprint density at radius 3 is 2.59 bits per heavy atom. The highest BCUT2D eigenvalue weighted by Crippen LogP contribution is 2.24. The fourth-order valence-electron chi connectivity index (χ4n) is 2.23. The van der Waals surface area contributed by atoms with Crippen molar-refractivity contribution in [3.8, 4) is 11.3 Å². The van der Waals surface area contributed by atoms with E-state index in [2.05, 4.69) is 4.99 Å². The number of thiophene rings is 1. The van der Waals surface area contributed by atoms with E-state index in [1.54, 1.807) is 18.2 Å². The molecule has 0 fully saturated rings. The van der Waals surface area contributed by atoms with Gasteiger partial charge in [0.15, 0.2) is 4.80 Å². The number of carbonyl (C=O) groups excluding carboxylic acids is 1. The monoisotopic (exact) mass is 332 g/mol. The number of nitrogens with zero attached hydrogens (tertiary/aromatic N) is 2. The van der Waals surface area contributed by atoms with Crippen LogP contribution >= 0.6 is 22.7 Å². The van der Waals surface area contributed by atoms with Gasteiger partial charge in [0.2, 0.25) is 0 Å². The normalized spacial score (nSPS) is 11.9. The molecule has 1 amide bonds. The number of amides is 1. The van der Waals surface area contributed by atoms with Crippen LogP contribution in [0.25, 0.3) is 11.3 Å². The van der Waals surface area contributed by atoms with Crippen molar-refractivity contribution in [2.75, 3.05) is 0 Å². The van der Waals surface area contributed by atoms with Crippen molar-refractivity contribution in [1.82, 2.24) is 4.57 Å². The van der Waals surface area contributed by atoms with E-state index in [0.29, 0.717) is 9.68 Å². The molecule has 0 aliphatic heterocycles. The van der Waals surface area contributed by atoms with Crippen LogP contribution in [0.15, 0.2) is 46.8 Å². The molecule has 3 rings (SSSR count). The van der Waals surface area contributed by atoms with Gasteiger partial charge in [0.25, 0.3) is 5.91 Å². The largest absolute Gasteiger partial charge is 0.319 e. The highest BCUT2D eigenvalue weighted by Gasteiger charge is 2.12. The summed E-state index contributed by atoms with van der Waals surface area (Å²) in [6, 6.07) is 9.92. The second-order valence-corrected chi connectivity index (χ2v) is 6.88. The van der Waals surface area contributed by atoms with E-state index in [0.717, 1.165) is 16.1 Å². The van der Waals surface area contributed by atoms with Crippen molar-refractivity contribution in [3.05, 3.63) is 62.2 Å². The summed E-state index contributed by atoms with van der Waals surface area (Å²) in [5.74, 6) is -0.505. The number of thiazole rings is 1. The molecule has 3 aromatic rings. The predicted molar refractivity (Wildman–Crippen MR) is 87.6 cm³/mol. The second kappa shape index (κ2) is 5.98. The Kier molecular flexibility index (Phi) is 4.04. The average Bonchev–Trinajstić information content (AvgIpc) is 3.10. The molecule has 0 radical (unpaired) electrons. The molecule has 0 spiro atoms. The zero-order valence-corrected chi connectivity index (χ0v) is 13.7. The molecule has 0 aliphatic carbocycles. The van der Waals surface area contributed by atoms with Gasteiger partial charge in [-0.2, -0.15) is 4.99 Å². The van der Waals surface area contributed by atoms with Crippen molar-refractivity contribution in [3.63, 3.8) is 0 Å². The minimum atomic E-state index is -0.267. The second-order valence-electron chi connectivity index (χ2n) is 4.75. The van der Waals surface area contributed by atoms with E-state index in [4.69, 9.17) is 0 Å².